The van der Waals surface area contributed by atoms with Gasteiger partial charge < -0.3 is 10.2 Å². The van der Waals surface area contributed by atoms with E-state index in [0.717, 1.165) is 27.1 Å². The first kappa shape index (κ1) is 33.9. The monoisotopic (exact) mass is 642 g/mol. The number of rotatable bonds is 12. The van der Waals surface area contributed by atoms with E-state index in [1.54, 1.807) is 18.2 Å². The number of carbonyl (C=O) groups excluding carboxylic acids is 2. The number of hydrogen-bond donors (Lipinski definition) is 1. The summed E-state index contributed by atoms with van der Waals surface area (Å²) in [4.78, 5) is 40.8. The van der Waals surface area contributed by atoms with Crippen LogP contribution >= 0.6 is 0 Å². The Labute approximate surface area is 269 Å². The Morgan fingerprint density at radius 1 is 0.870 bits per heavy atom. The highest BCUT2D eigenvalue weighted by molar-refractivity contribution is 7.92. The van der Waals surface area contributed by atoms with Crippen molar-refractivity contribution in [3.05, 3.63) is 136 Å². The molecule has 0 heterocycles. The van der Waals surface area contributed by atoms with Crippen LogP contribution in [0.15, 0.2) is 114 Å². The molecule has 2 amide bonds. The fourth-order valence-electron chi connectivity index (χ4n) is 4.99. The van der Waals surface area contributed by atoms with E-state index in [1.165, 1.54) is 35.2 Å². The van der Waals surface area contributed by atoms with Crippen LogP contribution in [-0.4, -0.2) is 48.2 Å². The van der Waals surface area contributed by atoms with Crippen LogP contribution in [0.1, 0.15) is 37.5 Å². The average molecular weight is 643 g/mol. The van der Waals surface area contributed by atoms with Crippen LogP contribution < -0.4 is 9.62 Å². The standard InChI is InChI=1S/C35H38N4O6S/c1-26-14-11-12-17-28(26)24-37(32(34(41)36-35(2,3)4)22-27-15-7-5-8-16-27)33(40)25-38(29-18-13-19-30(23-29)39(42)43)46(44,45)31-20-9-6-10-21-31/h5-21,23,32H,22,24-25H2,1-4H3,(H,36,41)/t32-/m1/s1. The summed E-state index contributed by atoms with van der Waals surface area (Å²) < 4.78 is 29.0. The number of nitro benzene ring substituents is 1. The van der Waals surface area contributed by atoms with Crippen LogP contribution in [-0.2, 0) is 32.6 Å². The number of nitro groups is 1. The molecule has 10 nitrogen and oxygen atoms in total. The summed E-state index contributed by atoms with van der Waals surface area (Å²) >= 11 is 0. The first-order valence-corrected chi connectivity index (χ1v) is 16.2. The molecule has 46 heavy (non-hydrogen) atoms. The minimum Gasteiger partial charge on any atom is -0.350 e. The number of carbonyl (C=O) groups is 2. The molecule has 11 heteroatoms. The van der Waals surface area contributed by atoms with Gasteiger partial charge in [-0.2, -0.15) is 0 Å². The van der Waals surface area contributed by atoms with Gasteiger partial charge >= 0.3 is 0 Å². The van der Waals surface area contributed by atoms with Gasteiger partial charge in [-0.15, -0.1) is 0 Å². The smallest absolute Gasteiger partial charge is 0.271 e. The summed E-state index contributed by atoms with van der Waals surface area (Å²) in [6.07, 6.45) is 0.169. The predicted molar refractivity (Wildman–Crippen MR) is 178 cm³/mol. The summed E-state index contributed by atoms with van der Waals surface area (Å²) in [5.41, 5.74) is 1.48. The van der Waals surface area contributed by atoms with E-state index in [0.29, 0.717) is 0 Å². The first-order valence-electron chi connectivity index (χ1n) is 14.8. The van der Waals surface area contributed by atoms with E-state index < -0.39 is 44.9 Å². The number of anilines is 1. The number of sulfonamides is 1. The molecule has 1 atom stereocenters. The number of nitrogens with zero attached hydrogens (tertiary/aromatic N) is 3. The van der Waals surface area contributed by atoms with Crippen molar-refractivity contribution >= 4 is 33.2 Å². The molecule has 0 saturated carbocycles. The second-order valence-corrected chi connectivity index (χ2v) is 13.9. The molecule has 0 spiro atoms. The van der Waals surface area contributed by atoms with Crippen molar-refractivity contribution in [3.8, 4) is 0 Å². The molecule has 1 N–H and O–H groups in total. The van der Waals surface area contributed by atoms with Crippen LogP contribution in [0, 0.1) is 17.0 Å². The second kappa shape index (κ2) is 14.4. The SMILES string of the molecule is Cc1ccccc1CN(C(=O)CN(c1cccc([N+](=O)[O-])c1)S(=O)(=O)c1ccccc1)[C@H](Cc1ccccc1)C(=O)NC(C)(C)C. The number of amides is 2. The highest BCUT2D eigenvalue weighted by Crippen LogP contribution is 2.28. The third kappa shape index (κ3) is 8.57. The van der Waals surface area contributed by atoms with Gasteiger partial charge in [0, 0.05) is 30.6 Å². The summed E-state index contributed by atoms with van der Waals surface area (Å²) in [6, 6.07) is 28.4. The Morgan fingerprint density at radius 3 is 2.09 bits per heavy atom. The zero-order valence-electron chi connectivity index (χ0n) is 26.3. The lowest BCUT2D eigenvalue weighted by atomic mass is 10.00. The molecule has 240 valence electrons. The largest absolute Gasteiger partial charge is 0.350 e. The molecule has 0 aliphatic rings. The number of non-ortho nitro benzene ring substituents is 1. The lowest BCUT2D eigenvalue weighted by Gasteiger charge is -2.35. The van der Waals surface area contributed by atoms with Crippen LogP contribution in [0.5, 0.6) is 0 Å². The maximum Gasteiger partial charge on any atom is 0.271 e. The summed E-state index contributed by atoms with van der Waals surface area (Å²) in [5, 5.41) is 14.6. The highest BCUT2D eigenvalue weighted by atomic mass is 32.2. The van der Waals surface area contributed by atoms with Crippen LogP contribution in [0.2, 0.25) is 0 Å². The van der Waals surface area contributed by atoms with Crippen molar-refractivity contribution in [2.24, 2.45) is 0 Å². The molecule has 0 unspecified atom stereocenters. The summed E-state index contributed by atoms with van der Waals surface area (Å²) in [6.45, 7) is 6.74. The van der Waals surface area contributed by atoms with Gasteiger partial charge in [0.15, 0.2) is 0 Å². The molecule has 0 aromatic heterocycles. The Bertz CT molecular complexity index is 1790. The third-order valence-electron chi connectivity index (χ3n) is 7.31. The van der Waals surface area contributed by atoms with E-state index in [9.17, 15) is 28.1 Å². The van der Waals surface area contributed by atoms with Gasteiger partial charge in [0.2, 0.25) is 11.8 Å². The Kier molecular flexibility index (Phi) is 10.6. The van der Waals surface area contributed by atoms with Crippen molar-refractivity contribution in [2.45, 2.75) is 57.1 Å². The van der Waals surface area contributed by atoms with Gasteiger partial charge in [-0.1, -0.05) is 78.9 Å². The predicted octanol–water partition coefficient (Wildman–Crippen LogP) is 5.65. The van der Waals surface area contributed by atoms with Gasteiger partial charge in [0.05, 0.1) is 15.5 Å². The summed E-state index contributed by atoms with van der Waals surface area (Å²) in [7, 11) is -4.38. The maximum atomic E-state index is 14.5. The molecule has 4 aromatic carbocycles. The van der Waals surface area contributed by atoms with Crippen molar-refractivity contribution in [3.63, 3.8) is 0 Å². The molecule has 4 rings (SSSR count). The first-order chi connectivity index (χ1) is 21.8. The van der Waals surface area contributed by atoms with Gasteiger partial charge in [0.25, 0.3) is 15.7 Å². The number of benzene rings is 4. The second-order valence-electron chi connectivity index (χ2n) is 12.0. The molecule has 0 saturated heterocycles. The number of hydrogen-bond acceptors (Lipinski definition) is 6. The Balaban J connectivity index is 1.85. The van der Waals surface area contributed by atoms with Crippen molar-refractivity contribution in [2.75, 3.05) is 10.8 Å². The van der Waals surface area contributed by atoms with Crippen molar-refractivity contribution in [1.29, 1.82) is 0 Å². The molecule has 0 bridgehead atoms. The molecule has 4 aromatic rings. The van der Waals surface area contributed by atoms with Gasteiger partial charge in [-0.05, 0) is 62.6 Å². The molecule has 0 aliphatic carbocycles. The van der Waals surface area contributed by atoms with Crippen LogP contribution in [0.4, 0.5) is 11.4 Å². The van der Waals surface area contributed by atoms with Crippen molar-refractivity contribution < 1.29 is 22.9 Å². The van der Waals surface area contributed by atoms with Crippen molar-refractivity contribution in [1.82, 2.24) is 10.2 Å². The molecule has 0 radical (unpaired) electrons. The van der Waals surface area contributed by atoms with E-state index >= 15 is 0 Å². The topological polar surface area (TPSA) is 130 Å². The van der Waals surface area contributed by atoms with Crippen LogP contribution in [0.3, 0.4) is 0 Å². The normalized spacial score (nSPS) is 12.2. The third-order valence-corrected chi connectivity index (χ3v) is 9.10. The van der Waals surface area contributed by atoms with Gasteiger partial charge in [-0.3, -0.25) is 24.0 Å². The lowest BCUT2D eigenvalue weighted by molar-refractivity contribution is -0.384. The molecule has 0 fully saturated rings. The fraction of sp³-hybridized carbons (Fsp3) is 0.257. The Morgan fingerprint density at radius 2 is 1.48 bits per heavy atom. The average Bonchev–Trinajstić information content (AvgIpc) is 3.02. The fourth-order valence-corrected chi connectivity index (χ4v) is 6.42. The minimum absolute atomic E-state index is 0.0226. The lowest BCUT2D eigenvalue weighted by Crippen LogP contribution is -2.56. The zero-order valence-corrected chi connectivity index (χ0v) is 27.1. The highest BCUT2D eigenvalue weighted by Gasteiger charge is 2.36. The number of nitrogens with one attached hydrogen (secondary N) is 1. The quantitative estimate of drug-likeness (QED) is 0.157. The van der Waals surface area contributed by atoms with E-state index in [1.807, 2.05) is 82.3 Å². The van der Waals surface area contributed by atoms with E-state index in [4.69, 9.17) is 0 Å². The van der Waals surface area contributed by atoms with Gasteiger partial charge in [-0.25, -0.2) is 8.42 Å². The molecule has 0 aliphatic heterocycles. The van der Waals surface area contributed by atoms with Crippen LogP contribution in [0.25, 0.3) is 0 Å². The zero-order chi connectivity index (χ0) is 33.5. The summed E-state index contributed by atoms with van der Waals surface area (Å²) in [5.74, 6) is -1.05. The van der Waals surface area contributed by atoms with E-state index in [-0.39, 0.29) is 29.2 Å². The minimum atomic E-state index is -4.38. The van der Waals surface area contributed by atoms with Gasteiger partial charge in [0.1, 0.15) is 12.6 Å². The number of aryl methyl sites for hydroxylation is 1. The molecular formula is C35H38N4O6S. The maximum absolute atomic E-state index is 14.5. The molecular weight excluding hydrogens is 604 g/mol. The van der Waals surface area contributed by atoms with E-state index in [2.05, 4.69) is 5.32 Å². The Hall–Kier alpha value is -5.03.